The van der Waals surface area contributed by atoms with Crippen molar-refractivity contribution in [2.45, 2.75) is 37.5 Å². The first-order valence-corrected chi connectivity index (χ1v) is 10.4. The van der Waals surface area contributed by atoms with Crippen LogP contribution in [-0.4, -0.2) is 45.4 Å². The second kappa shape index (κ2) is 9.02. The number of halogens is 1. The van der Waals surface area contributed by atoms with Crippen molar-refractivity contribution < 1.29 is 8.42 Å². The summed E-state index contributed by atoms with van der Waals surface area (Å²) in [7, 11) is -3.41. The van der Waals surface area contributed by atoms with Gasteiger partial charge in [-0.3, -0.25) is 0 Å². The number of nitrogens with one attached hydrogen (secondary N) is 1. The van der Waals surface area contributed by atoms with E-state index in [-0.39, 0.29) is 0 Å². The van der Waals surface area contributed by atoms with Crippen LogP contribution in [0.3, 0.4) is 0 Å². The minimum Gasteiger partial charge on any atom is -0.302 e. The standard InChI is InChI=1S/C17H27ClN2O2S/c1-15-4-3-12-20(14-15)13-11-19-23(21,22)17-8-6-16(7-9-17)5-2-10-18/h6-9,15,19H,2-5,10-14H2,1H3. The van der Waals surface area contributed by atoms with E-state index in [2.05, 4.69) is 16.5 Å². The summed E-state index contributed by atoms with van der Waals surface area (Å²) in [4.78, 5) is 2.67. The molecule has 1 aliphatic rings. The van der Waals surface area contributed by atoms with Crippen molar-refractivity contribution in [2.24, 2.45) is 5.92 Å². The summed E-state index contributed by atoms with van der Waals surface area (Å²) in [5.41, 5.74) is 1.12. The molecule has 1 aromatic carbocycles. The molecule has 1 heterocycles. The van der Waals surface area contributed by atoms with Gasteiger partial charge in [0.15, 0.2) is 0 Å². The van der Waals surface area contributed by atoms with Crippen LogP contribution in [0.15, 0.2) is 29.2 Å². The van der Waals surface area contributed by atoms with E-state index in [1.54, 1.807) is 12.1 Å². The molecule has 0 spiro atoms. The van der Waals surface area contributed by atoms with Gasteiger partial charge in [0, 0.05) is 25.5 Å². The van der Waals surface area contributed by atoms with Gasteiger partial charge in [-0.25, -0.2) is 13.1 Å². The summed E-state index contributed by atoms with van der Waals surface area (Å²) in [6.45, 7) is 5.63. The van der Waals surface area contributed by atoms with Gasteiger partial charge in [-0.05, 0) is 55.8 Å². The molecule has 1 saturated heterocycles. The highest BCUT2D eigenvalue weighted by molar-refractivity contribution is 7.89. The van der Waals surface area contributed by atoms with Crippen LogP contribution in [-0.2, 0) is 16.4 Å². The minimum atomic E-state index is -3.41. The van der Waals surface area contributed by atoms with E-state index in [1.807, 2.05) is 12.1 Å². The molecule has 6 heteroatoms. The van der Waals surface area contributed by atoms with Crippen LogP contribution < -0.4 is 4.72 Å². The first-order chi connectivity index (χ1) is 11.0. The fourth-order valence-corrected chi connectivity index (χ4v) is 4.17. The molecule has 23 heavy (non-hydrogen) atoms. The fraction of sp³-hybridized carbons (Fsp3) is 0.647. The van der Waals surface area contributed by atoms with Crippen LogP contribution in [0, 0.1) is 5.92 Å². The predicted molar refractivity (Wildman–Crippen MR) is 95.5 cm³/mol. The highest BCUT2D eigenvalue weighted by atomic mass is 35.5. The quantitative estimate of drug-likeness (QED) is 0.727. The maximum atomic E-state index is 12.3. The minimum absolute atomic E-state index is 0.333. The Kier molecular flexibility index (Phi) is 7.34. The monoisotopic (exact) mass is 358 g/mol. The summed E-state index contributed by atoms with van der Waals surface area (Å²) in [6, 6.07) is 7.09. The van der Waals surface area contributed by atoms with Crippen LogP contribution in [0.2, 0.25) is 0 Å². The number of piperidine rings is 1. The normalized spacial score (nSPS) is 19.8. The Morgan fingerprint density at radius 3 is 2.70 bits per heavy atom. The van der Waals surface area contributed by atoms with Crippen LogP contribution in [0.5, 0.6) is 0 Å². The zero-order valence-electron chi connectivity index (χ0n) is 13.8. The smallest absolute Gasteiger partial charge is 0.240 e. The number of likely N-dealkylation sites (tertiary alicyclic amines) is 1. The van der Waals surface area contributed by atoms with Gasteiger partial charge in [-0.2, -0.15) is 0 Å². The van der Waals surface area contributed by atoms with E-state index < -0.39 is 10.0 Å². The largest absolute Gasteiger partial charge is 0.302 e. The van der Waals surface area contributed by atoms with Crippen molar-refractivity contribution in [3.63, 3.8) is 0 Å². The van der Waals surface area contributed by atoms with E-state index in [0.29, 0.717) is 23.2 Å². The zero-order valence-corrected chi connectivity index (χ0v) is 15.4. The number of sulfonamides is 1. The van der Waals surface area contributed by atoms with E-state index >= 15 is 0 Å². The van der Waals surface area contributed by atoms with E-state index in [4.69, 9.17) is 11.6 Å². The summed E-state index contributed by atoms with van der Waals surface area (Å²) in [5, 5.41) is 0. The molecular weight excluding hydrogens is 332 g/mol. The lowest BCUT2D eigenvalue weighted by Crippen LogP contribution is -2.40. The van der Waals surface area contributed by atoms with Crippen molar-refractivity contribution in [1.29, 1.82) is 0 Å². The molecule has 0 aromatic heterocycles. The number of nitrogens with zero attached hydrogens (tertiary/aromatic N) is 1. The van der Waals surface area contributed by atoms with Gasteiger partial charge in [-0.15, -0.1) is 11.6 Å². The molecule has 1 fully saturated rings. The van der Waals surface area contributed by atoms with E-state index in [1.165, 1.54) is 12.8 Å². The highest BCUT2D eigenvalue weighted by Gasteiger charge is 2.17. The number of rotatable bonds is 8. The molecule has 0 bridgehead atoms. The third-order valence-corrected chi connectivity index (χ3v) is 6.04. The first kappa shape index (κ1) is 18.7. The third kappa shape index (κ3) is 6.07. The van der Waals surface area contributed by atoms with E-state index in [0.717, 1.165) is 38.0 Å². The molecule has 1 atom stereocenters. The van der Waals surface area contributed by atoms with Crippen LogP contribution >= 0.6 is 11.6 Å². The van der Waals surface area contributed by atoms with Crippen molar-refractivity contribution in [3.8, 4) is 0 Å². The second-order valence-electron chi connectivity index (χ2n) is 6.38. The van der Waals surface area contributed by atoms with Crippen molar-refractivity contribution >= 4 is 21.6 Å². The summed E-state index contributed by atoms with van der Waals surface area (Å²) < 4.78 is 27.3. The maximum absolute atomic E-state index is 12.3. The predicted octanol–water partition coefficient (Wildman–Crippen LogP) is 2.87. The molecule has 1 unspecified atom stereocenters. The van der Waals surface area contributed by atoms with Gasteiger partial charge >= 0.3 is 0 Å². The van der Waals surface area contributed by atoms with Gasteiger partial charge in [-0.1, -0.05) is 19.1 Å². The Hall–Kier alpha value is -0.620. The average Bonchev–Trinajstić information content (AvgIpc) is 2.53. The van der Waals surface area contributed by atoms with Crippen molar-refractivity contribution in [3.05, 3.63) is 29.8 Å². The Labute approximate surface area is 145 Å². The fourth-order valence-electron chi connectivity index (χ4n) is 3.02. The molecule has 0 amide bonds. The summed E-state index contributed by atoms with van der Waals surface area (Å²) in [6.07, 6.45) is 4.26. The molecule has 4 nitrogen and oxygen atoms in total. The Morgan fingerprint density at radius 1 is 1.30 bits per heavy atom. The van der Waals surface area contributed by atoms with Crippen LogP contribution in [0.1, 0.15) is 31.7 Å². The Balaban J connectivity index is 1.83. The van der Waals surface area contributed by atoms with Gasteiger partial charge in [0.2, 0.25) is 10.0 Å². The SMILES string of the molecule is CC1CCCN(CCNS(=O)(=O)c2ccc(CCCCl)cc2)C1. The molecule has 0 saturated carbocycles. The zero-order chi connectivity index (χ0) is 16.7. The molecule has 0 radical (unpaired) electrons. The van der Waals surface area contributed by atoms with Gasteiger partial charge in [0.25, 0.3) is 0 Å². The lowest BCUT2D eigenvalue weighted by atomic mass is 10.0. The Bertz CT molecular complexity index is 575. The molecule has 130 valence electrons. The number of hydrogen-bond donors (Lipinski definition) is 1. The highest BCUT2D eigenvalue weighted by Crippen LogP contribution is 2.15. The lowest BCUT2D eigenvalue weighted by Gasteiger charge is -2.30. The second-order valence-corrected chi connectivity index (χ2v) is 8.53. The Morgan fingerprint density at radius 2 is 2.04 bits per heavy atom. The summed E-state index contributed by atoms with van der Waals surface area (Å²) in [5.74, 6) is 1.33. The van der Waals surface area contributed by atoms with E-state index in [9.17, 15) is 8.42 Å². The van der Waals surface area contributed by atoms with Crippen LogP contribution in [0.25, 0.3) is 0 Å². The number of hydrogen-bond acceptors (Lipinski definition) is 3. The molecule has 1 aromatic rings. The molecule has 1 N–H and O–H groups in total. The number of aryl methyl sites for hydroxylation is 1. The van der Waals surface area contributed by atoms with Crippen LogP contribution in [0.4, 0.5) is 0 Å². The number of benzene rings is 1. The lowest BCUT2D eigenvalue weighted by molar-refractivity contribution is 0.187. The third-order valence-electron chi connectivity index (χ3n) is 4.29. The average molecular weight is 359 g/mol. The van der Waals surface area contributed by atoms with Crippen molar-refractivity contribution in [2.75, 3.05) is 32.1 Å². The van der Waals surface area contributed by atoms with Crippen molar-refractivity contribution in [1.82, 2.24) is 9.62 Å². The molecule has 1 aliphatic heterocycles. The van der Waals surface area contributed by atoms with Gasteiger partial charge in [0.1, 0.15) is 0 Å². The van der Waals surface area contributed by atoms with Gasteiger partial charge < -0.3 is 4.90 Å². The first-order valence-electron chi connectivity index (χ1n) is 8.38. The topological polar surface area (TPSA) is 49.4 Å². The summed E-state index contributed by atoms with van der Waals surface area (Å²) >= 11 is 5.68. The number of alkyl halides is 1. The molecular formula is C17H27ClN2O2S. The van der Waals surface area contributed by atoms with Gasteiger partial charge in [0.05, 0.1) is 4.90 Å². The maximum Gasteiger partial charge on any atom is 0.240 e. The molecule has 2 rings (SSSR count). The molecule has 0 aliphatic carbocycles.